The lowest BCUT2D eigenvalue weighted by molar-refractivity contribution is -0.0499. The summed E-state index contributed by atoms with van der Waals surface area (Å²) in [6.45, 7) is -2.98. The second-order valence-corrected chi connectivity index (χ2v) is 4.29. The molecule has 0 radical (unpaired) electrons. The Morgan fingerprint density at radius 2 is 1.95 bits per heavy atom. The molecule has 0 saturated carbocycles. The van der Waals surface area contributed by atoms with Gasteiger partial charge in [-0.2, -0.15) is 14.0 Å². The first-order valence-electron chi connectivity index (χ1n) is 6.29. The van der Waals surface area contributed by atoms with Crippen LogP contribution in [0.4, 0.5) is 8.78 Å². The molecule has 0 amide bonds. The number of esters is 1. The number of hydrogen-bond acceptors (Lipinski definition) is 4. The zero-order chi connectivity index (χ0) is 15.9. The quantitative estimate of drug-likeness (QED) is 0.793. The van der Waals surface area contributed by atoms with Gasteiger partial charge in [-0.15, -0.1) is 0 Å². The molecule has 4 nitrogen and oxygen atoms in total. The summed E-state index contributed by atoms with van der Waals surface area (Å²) in [5, 5.41) is 8.79. The highest BCUT2D eigenvalue weighted by molar-refractivity contribution is 5.89. The molecule has 6 heteroatoms. The minimum atomic E-state index is -2.96. The van der Waals surface area contributed by atoms with E-state index in [1.165, 1.54) is 24.3 Å². The fraction of sp³-hybridized carbons (Fsp3) is 0.125. The van der Waals surface area contributed by atoms with Crippen LogP contribution in [0.2, 0.25) is 0 Å². The number of carbonyl (C=O) groups excluding carboxylic acids is 1. The number of halogens is 2. The van der Waals surface area contributed by atoms with E-state index in [4.69, 9.17) is 10.00 Å². The number of nitriles is 1. The zero-order valence-electron chi connectivity index (χ0n) is 11.3. The highest BCUT2D eigenvalue weighted by Gasteiger charge is 2.11. The Morgan fingerprint density at radius 3 is 2.68 bits per heavy atom. The van der Waals surface area contributed by atoms with Gasteiger partial charge in [-0.3, -0.25) is 0 Å². The molecule has 112 valence electrons. The van der Waals surface area contributed by atoms with Gasteiger partial charge in [0.25, 0.3) is 0 Å². The molecule has 0 aliphatic rings. The molecule has 0 aliphatic heterocycles. The lowest BCUT2D eigenvalue weighted by atomic mass is 10.1. The fourth-order valence-corrected chi connectivity index (χ4v) is 1.76. The molecule has 0 aromatic heterocycles. The lowest BCUT2D eigenvalue weighted by Crippen LogP contribution is -2.07. The van der Waals surface area contributed by atoms with E-state index in [0.717, 1.165) is 0 Å². The van der Waals surface area contributed by atoms with Crippen LogP contribution in [-0.4, -0.2) is 12.6 Å². The maximum Gasteiger partial charge on any atom is 0.387 e. The standard InChI is InChI=1S/C16H11F2NO3/c17-16(18)22-14-6-2-5-13(8-14)15(20)21-10-12-4-1-3-11(7-12)9-19/h1-8,16H,10H2. The first-order chi connectivity index (χ1) is 10.6. The van der Waals surface area contributed by atoms with Crippen LogP contribution in [0.1, 0.15) is 21.5 Å². The molecule has 0 N–H and O–H groups in total. The molecule has 0 unspecified atom stereocenters. The molecular weight excluding hydrogens is 292 g/mol. The van der Waals surface area contributed by atoms with Crippen LogP contribution in [0.3, 0.4) is 0 Å². The predicted molar refractivity (Wildman–Crippen MR) is 73.4 cm³/mol. The summed E-state index contributed by atoms with van der Waals surface area (Å²) in [5.74, 6) is -0.780. The van der Waals surface area contributed by atoms with E-state index in [0.29, 0.717) is 11.1 Å². The number of nitrogens with zero attached hydrogens (tertiary/aromatic N) is 1. The molecule has 2 rings (SSSR count). The average Bonchev–Trinajstić information content (AvgIpc) is 2.52. The molecule has 0 aliphatic carbocycles. The first-order valence-corrected chi connectivity index (χ1v) is 6.29. The third-order valence-corrected chi connectivity index (χ3v) is 2.72. The van der Waals surface area contributed by atoms with Gasteiger partial charge in [0.2, 0.25) is 0 Å². The SMILES string of the molecule is N#Cc1cccc(COC(=O)c2cccc(OC(F)F)c2)c1. The Hall–Kier alpha value is -2.94. The number of rotatable bonds is 5. The van der Waals surface area contributed by atoms with Gasteiger partial charge in [-0.05, 0) is 35.9 Å². The van der Waals surface area contributed by atoms with Gasteiger partial charge in [0, 0.05) is 0 Å². The normalized spacial score (nSPS) is 10.1. The number of carbonyl (C=O) groups is 1. The van der Waals surface area contributed by atoms with Gasteiger partial charge in [-0.25, -0.2) is 4.79 Å². The van der Waals surface area contributed by atoms with Crippen molar-refractivity contribution < 1.29 is 23.0 Å². The molecule has 22 heavy (non-hydrogen) atoms. The van der Waals surface area contributed by atoms with Crippen molar-refractivity contribution in [2.75, 3.05) is 0 Å². The molecule has 0 heterocycles. The summed E-state index contributed by atoms with van der Waals surface area (Å²) in [6, 6.07) is 14.0. The zero-order valence-corrected chi connectivity index (χ0v) is 11.3. The van der Waals surface area contributed by atoms with Crippen molar-refractivity contribution >= 4 is 5.97 Å². The van der Waals surface area contributed by atoms with Crippen molar-refractivity contribution in [3.8, 4) is 11.8 Å². The van der Waals surface area contributed by atoms with E-state index in [1.807, 2.05) is 6.07 Å². The maximum absolute atomic E-state index is 12.1. The molecule has 0 bridgehead atoms. The van der Waals surface area contributed by atoms with E-state index < -0.39 is 12.6 Å². The van der Waals surface area contributed by atoms with Crippen molar-refractivity contribution in [2.24, 2.45) is 0 Å². The van der Waals surface area contributed by atoms with Gasteiger partial charge in [-0.1, -0.05) is 18.2 Å². The smallest absolute Gasteiger partial charge is 0.387 e. The van der Waals surface area contributed by atoms with Crippen molar-refractivity contribution in [3.63, 3.8) is 0 Å². The van der Waals surface area contributed by atoms with E-state index in [-0.39, 0.29) is 17.9 Å². The van der Waals surface area contributed by atoms with Crippen LogP contribution in [0.25, 0.3) is 0 Å². The summed E-state index contributed by atoms with van der Waals surface area (Å²) >= 11 is 0. The molecule has 0 spiro atoms. The highest BCUT2D eigenvalue weighted by atomic mass is 19.3. The van der Waals surface area contributed by atoms with Crippen LogP contribution in [0.15, 0.2) is 48.5 Å². The summed E-state index contributed by atoms with van der Waals surface area (Å²) < 4.78 is 33.6. The van der Waals surface area contributed by atoms with Gasteiger partial charge >= 0.3 is 12.6 Å². The monoisotopic (exact) mass is 303 g/mol. The topological polar surface area (TPSA) is 59.3 Å². The average molecular weight is 303 g/mol. The van der Waals surface area contributed by atoms with Crippen molar-refractivity contribution in [1.82, 2.24) is 0 Å². The molecular formula is C16H11F2NO3. The van der Waals surface area contributed by atoms with E-state index in [1.54, 1.807) is 24.3 Å². The fourth-order valence-electron chi connectivity index (χ4n) is 1.76. The molecule has 2 aromatic carbocycles. The summed E-state index contributed by atoms with van der Waals surface area (Å²) in [4.78, 5) is 11.9. The molecule has 0 saturated heterocycles. The maximum atomic E-state index is 12.1. The minimum Gasteiger partial charge on any atom is -0.457 e. The highest BCUT2D eigenvalue weighted by Crippen LogP contribution is 2.17. The molecule has 0 atom stereocenters. The van der Waals surface area contributed by atoms with E-state index >= 15 is 0 Å². The van der Waals surface area contributed by atoms with Crippen LogP contribution >= 0.6 is 0 Å². The van der Waals surface area contributed by atoms with Crippen LogP contribution in [0, 0.1) is 11.3 Å². The van der Waals surface area contributed by atoms with Crippen LogP contribution in [-0.2, 0) is 11.3 Å². The number of hydrogen-bond donors (Lipinski definition) is 0. The van der Waals surface area contributed by atoms with Crippen molar-refractivity contribution in [1.29, 1.82) is 5.26 Å². The molecule has 0 fully saturated rings. The summed E-state index contributed by atoms with van der Waals surface area (Å²) in [6.07, 6.45) is 0. The van der Waals surface area contributed by atoms with E-state index in [9.17, 15) is 13.6 Å². The van der Waals surface area contributed by atoms with Gasteiger partial charge in [0.1, 0.15) is 12.4 Å². The van der Waals surface area contributed by atoms with Gasteiger partial charge in [0.15, 0.2) is 0 Å². The summed E-state index contributed by atoms with van der Waals surface area (Å²) in [7, 11) is 0. The minimum absolute atomic E-state index is 0.0196. The second-order valence-electron chi connectivity index (χ2n) is 4.29. The number of benzene rings is 2. The largest absolute Gasteiger partial charge is 0.457 e. The summed E-state index contributed by atoms with van der Waals surface area (Å²) in [5.41, 5.74) is 1.22. The Balaban J connectivity index is 2.01. The molecule has 2 aromatic rings. The van der Waals surface area contributed by atoms with Crippen molar-refractivity contribution in [3.05, 3.63) is 65.2 Å². The van der Waals surface area contributed by atoms with Crippen LogP contribution in [0.5, 0.6) is 5.75 Å². The van der Waals surface area contributed by atoms with E-state index in [2.05, 4.69) is 4.74 Å². The van der Waals surface area contributed by atoms with Crippen LogP contribution < -0.4 is 4.74 Å². The Bertz CT molecular complexity index is 711. The first kappa shape index (κ1) is 15.4. The second kappa shape index (κ2) is 7.18. The Kier molecular flexibility index (Phi) is 5.04. The number of alkyl halides is 2. The predicted octanol–water partition coefficient (Wildman–Crippen LogP) is 3.52. The Morgan fingerprint density at radius 1 is 1.18 bits per heavy atom. The third kappa shape index (κ3) is 4.28. The van der Waals surface area contributed by atoms with Gasteiger partial charge in [0.05, 0.1) is 17.2 Å². The lowest BCUT2D eigenvalue weighted by Gasteiger charge is -2.07. The third-order valence-electron chi connectivity index (χ3n) is 2.72. The Labute approximate surface area is 125 Å². The number of ether oxygens (including phenoxy) is 2. The van der Waals surface area contributed by atoms with Crippen molar-refractivity contribution in [2.45, 2.75) is 13.2 Å². The van der Waals surface area contributed by atoms with Gasteiger partial charge < -0.3 is 9.47 Å².